The highest BCUT2D eigenvalue weighted by Gasteiger charge is 2.23. The van der Waals surface area contributed by atoms with Gasteiger partial charge in [-0.1, -0.05) is 25.4 Å². The zero-order valence-electron chi connectivity index (χ0n) is 14.5. The van der Waals surface area contributed by atoms with Crippen molar-refractivity contribution in [2.45, 2.75) is 46.6 Å². The Labute approximate surface area is 149 Å². The van der Waals surface area contributed by atoms with E-state index in [4.69, 9.17) is 23.8 Å². The van der Waals surface area contributed by atoms with Crippen LogP contribution in [-0.4, -0.2) is 33.7 Å². The number of thiocarbonyl (C=S) groups is 1. The molecule has 1 saturated heterocycles. The van der Waals surface area contributed by atoms with Gasteiger partial charge in [0.05, 0.1) is 0 Å². The molecule has 2 atom stereocenters. The van der Waals surface area contributed by atoms with Crippen molar-refractivity contribution in [2.24, 2.45) is 11.8 Å². The number of aromatic nitrogens is 2. The number of halogens is 1. The first-order valence-electron chi connectivity index (χ1n) is 8.01. The number of hydrogen-bond acceptors (Lipinski definition) is 4. The van der Waals surface area contributed by atoms with Gasteiger partial charge in [0.25, 0.3) is 0 Å². The maximum absolute atomic E-state index is 6.18. The first-order chi connectivity index (χ1) is 10.6. The van der Waals surface area contributed by atoms with Crippen molar-refractivity contribution >= 4 is 40.7 Å². The summed E-state index contributed by atoms with van der Waals surface area (Å²) in [6, 6.07) is 1.82. The minimum Gasteiger partial charge on any atom is -0.358 e. The van der Waals surface area contributed by atoms with Crippen molar-refractivity contribution in [3.8, 4) is 0 Å². The molecule has 0 aliphatic carbocycles. The molecule has 2 rings (SSSR count). The van der Waals surface area contributed by atoms with E-state index in [2.05, 4.69) is 39.3 Å². The summed E-state index contributed by atoms with van der Waals surface area (Å²) in [5.41, 5.74) is -0.122. The molecule has 1 aromatic heterocycles. The lowest BCUT2D eigenvalue weighted by molar-refractivity contribution is 0.355. The Morgan fingerprint density at radius 3 is 2.43 bits per heavy atom. The zero-order chi connectivity index (χ0) is 17.2. The largest absolute Gasteiger partial charge is 0.358 e. The fourth-order valence-corrected chi connectivity index (χ4v) is 3.52. The van der Waals surface area contributed by atoms with Crippen LogP contribution < -0.4 is 15.5 Å². The lowest BCUT2D eigenvalue weighted by Crippen LogP contribution is -2.43. The van der Waals surface area contributed by atoms with Crippen LogP contribution in [0, 0.1) is 11.8 Å². The van der Waals surface area contributed by atoms with Gasteiger partial charge in [0, 0.05) is 24.7 Å². The monoisotopic (exact) mass is 355 g/mol. The van der Waals surface area contributed by atoms with Gasteiger partial charge in [-0.15, -0.1) is 0 Å². The summed E-state index contributed by atoms with van der Waals surface area (Å²) in [4.78, 5) is 11.1. The van der Waals surface area contributed by atoms with Crippen molar-refractivity contribution < 1.29 is 0 Å². The highest BCUT2D eigenvalue weighted by atomic mass is 35.5. The highest BCUT2D eigenvalue weighted by molar-refractivity contribution is 7.80. The molecule has 1 aliphatic heterocycles. The van der Waals surface area contributed by atoms with E-state index >= 15 is 0 Å². The highest BCUT2D eigenvalue weighted by Crippen LogP contribution is 2.27. The molecule has 0 saturated carbocycles. The van der Waals surface area contributed by atoms with Crippen LogP contribution >= 0.6 is 23.8 Å². The van der Waals surface area contributed by atoms with Crippen LogP contribution in [0.1, 0.15) is 41.0 Å². The molecular formula is C16H26ClN5S. The summed E-state index contributed by atoms with van der Waals surface area (Å²) in [7, 11) is 0. The van der Waals surface area contributed by atoms with Gasteiger partial charge < -0.3 is 15.5 Å². The molecule has 128 valence electrons. The van der Waals surface area contributed by atoms with Crippen molar-refractivity contribution in [1.82, 2.24) is 15.3 Å². The molecule has 7 heteroatoms. The van der Waals surface area contributed by atoms with Crippen molar-refractivity contribution in [3.63, 3.8) is 0 Å². The van der Waals surface area contributed by atoms with Crippen LogP contribution in [-0.2, 0) is 0 Å². The van der Waals surface area contributed by atoms with Crippen LogP contribution in [0.15, 0.2) is 6.07 Å². The van der Waals surface area contributed by atoms with E-state index in [1.54, 1.807) is 0 Å². The number of hydrogen-bond donors (Lipinski definition) is 2. The Kier molecular flexibility index (Phi) is 5.68. The standard InChI is InChI=1S/C16H26ClN5S/c1-10-6-11(2)9-22(8-10)13-7-12(17)18-14(19-13)20-15(23)21-16(3,4)5/h7,10-11H,6,8-9H2,1-5H3,(H2,18,19,20,21,23). The fourth-order valence-electron chi connectivity index (χ4n) is 2.95. The van der Waals surface area contributed by atoms with Crippen LogP contribution in [0.25, 0.3) is 0 Å². The Morgan fingerprint density at radius 1 is 1.26 bits per heavy atom. The fraction of sp³-hybridized carbons (Fsp3) is 0.688. The normalized spacial score (nSPS) is 21.9. The minimum absolute atomic E-state index is 0.122. The third-order valence-corrected chi connectivity index (χ3v) is 3.99. The third-order valence-electron chi connectivity index (χ3n) is 3.59. The Morgan fingerprint density at radius 2 is 1.87 bits per heavy atom. The molecule has 0 spiro atoms. The molecule has 2 unspecified atom stereocenters. The Hall–Kier alpha value is -1.14. The molecular weight excluding hydrogens is 330 g/mol. The Bertz CT molecular complexity index is 562. The smallest absolute Gasteiger partial charge is 0.232 e. The number of nitrogens with zero attached hydrogens (tertiary/aromatic N) is 3. The van der Waals surface area contributed by atoms with Crippen LogP contribution in [0.3, 0.4) is 0 Å². The maximum Gasteiger partial charge on any atom is 0.232 e. The number of rotatable bonds is 2. The SMILES string of the molecule is CC1CC(C)CN(c2cc(Cl)nc(NC(=S)NC(C)(C)C)n2)C1. The van der Waals surface area contributed by atoms with Gasteiger partial charge in [0.2, 0.25) is 5.95 Å². The predicted molar refractivity (Wildman–Crippen MR) is 101 cm³/mol. The average Bonchev–Trinajstić information content (AvgIpc) is 2.34. The molecule has 0 amide bonds. The lowest BCUT2D eigenvalue weighted by Gasteiger charge is -2.35. The second-order valence-electron chi connectivity index (χ2n) is 7.55. The zero-order valence-corrected chi connectivity index (χ0v) is 16.1. The minimum atomic E-state index is -0.122. The van der Waals surface area contributed by atoms with E-state index in [9.17, 15) is 0 Å². The van der Waals surface area contributed by atoms with Crippen molar-refractivity contribution in [1.29, 1.82) is 0 Å². The van der Waals surface area contributed by atoms with Gasteiger partial charge in [-0.25, -0.2) is 4.98 Å². The predicted octanol–water partition coefficient (Wildman–Crippen LogP) is 3.70. The molecule has 2 N–H and O–H groups in total. The van der Waals surface area contributed by atoms with E-state index in [1.165, 1.54) is 6.42 Å². The number of nitrogens with one attached hydrogen (secondary N) is 2. The first-order valence-corrected chi connectivity index (χ1v) is 8.79. The quantitative estimate of drug-likeness (QED) is 0.623. The van der Waals surface area contributed by atoms with Crippen LogP contribution in [0.4, 0.5) is 11.8 Å². The molecule has 1 aromatic rings. The molecule has 0 aromatic carbocycles. The second-order valence-corrected chi connectivity index (χ2v) is 8.35. The molecule has 2 heterocycles. The van der Waals surface area contributed by atoms with E-state index in [-0.39, 0.29) is 5.54 Å². The van der Waals surface area contributed by atoms with Gasteiger partial charge in [0.15, 0.2) is 5.11 Å². The van der Waals surface area contributed by atoms with E-state index in [1.807, 2.05) is 26.8 Å². The number of piperidine rings is 1. The van der Waals surface area contributed by atoms with E-state index < -0.39 is 0 Å². The van der Waals surface area contributed by atoms with Crippen LogP contribution in [0.5, 0.6) is 0 Å². The van der Waals surface area contributed by atoms with Gasteiger partial charge >= 0.3 is 0 Å². The summed E-state index contributed by atoms with van der Waals surface area (Å²) >= 11 is 11.5. The van der Waals surface area contributed by atoms with Crippen molar-refractivity contribution in [3.05, 3.63) is 11.2 Å². The molecule has 1 aliphatic rings. The topological polar surface area (TPSA) is 53.1 Å². The lowest BCUT2D eigenvalue weighted by atomic mass is 9.92. The summed E-state index contributed by atoms with van der Waals surface area (Å²) in [5, 5.41) is 7.12. The van der Waals surface area contributed by atoms with Gasteiger partial charge in [0.1, 0.15) is 11.0 Å². The summed E-state index contributed by atoms with van der Waals surface area (Å²) in [5.74, 6) is 2.57. The molecule has 23 heavy (non-hydrogen) atoms. The summed E-state index contributed by atoms with van der Waals surface area (Å²) in [6.45, 7) is 12.6. The Balaban J connectivity index is 2.14. The molecule has 1 fully saturated rings. The van der Waals surface area contributed by atoms with E-state index in [0.717, 1.165) is 18.9 Å². The van der Waals surface area contributed by atoms with Gasteiger partial charge in [-0.05, 0) is 51.2 Å². The first kappa shape index (κ1) is 18.2. The summed E-state index contributed by atoms with van der Waals surface area (Å²) < 4.78 is 0. The van der Waals surface area contributed by atoms with Gasteiger partial charge in [-0.2, -0.15) is 4.98 Å². The average molecular weight is 356 g/mol. The third kappa shape index (κ3) is 5.77. The second kappa shape index (κ2) is 7.18. The van der Waals surface area contributed by atoms with Crippen LogP contribution in [0.2, 0.25) is 5.15 Å². The number of anilines is 2. The van der Waals surface area contributed by atoms with Gasteiger partial charge in [-0.3, -0.25) is 0 Å². The molecule has 0 radical (unpaired) electrons. The molecule has 5 nitrogen and oxygen atoms in total. The van der Waals surface area contributed by atoms with E-state index in [0.29, 0.717) is 28.0 Å². The van der Waals surface area contributed by atoms with Crippen molar-refractivity contribution in [2.75, 3.05) is 23.3 Å². The molecule has 0 bridgehead atoms. The maximum atomic E-state index is 6.18. The summed E-state index contributed by atoms with van der Waals surface area (Å²) in [6.07, 6.45) is 1.25.